The zero-order valence-electron chi connectivity index (χ0n) is 9.83. The zero-order chi connectivity index (χ0) is 11.5. The van der Waals surface area contributed by atoms with Crippen molar-refractivity contribution in [3.63, 3.8) is 0 Å². The molecule has 3 fully saturated rings. The molecule has 0 aromatic rings. The Kier molecular flexibility index (Phi) is 1.91. The highest BCUT2D eigenvalue weighted by atomic mass is 16.6. The molecule has 1 saturated carbocycles. The SMILES string of the molecule is CC(C)(C)OC(=O)N1CC2(O)CC1(C)C2. The topological polar surface area (TPSA) is 49.8 Å². The number of hydrogen-bond acceptors (Lipinski definition) is 3. The first-order valence-corrected chi connectivity index (χ1v) is 5.37. The van der Waals surface area contributed by atoms with Gasteiger partial charge in [-0.15, -0.1) is 0 Å². The highest BCUT2D eigenvalue weighted by Gasteiger charge is 2.64. The van der Waals surface area contributed by atoms with E-state index in [1.807, 2.05) is 27.7 Å². The van der Waals surface area contributed by atoms with Crippen LogP contribution in [-0.4, -0.2) is 39.4 Å². The number of β-amino-alcohol motifs (C(OH)–C–C–N with tert-alkyl or cyclic N) is 1. The van der Waals surface area contributed by atoms with Gasteiger partial charge in [-0.05, 0) is 27.7 Å². The lowest BCUT2D eigenvalue weighted by atomic mass is 9.71. The number of amides is 1. The van der Waals surface area contributed by atoms with Gasteiger partial charge < -0.3 is 9.84 Å². The number of ether oxygens (including phenoxy) is 1. The first kappa shape index (κ1) is 10.7. The lowest BCUT2D eigenvalue weighted by Crippen LogP contribution is -2.51. The van der Waals surface area contributed by atoms with Crippen LogP contribution < -0.4 is 0 Å². The Hall–Kier alpha value is -0.770. The van der Waals surface area contributed by atoms with Gasteiger partial charge in [0, 0.05) is 18.4 Å². The minimum Gasteiger partial charge on any atom is -0.444 e. The van der Waals surface area contributed by atoms with Crippen molar-refractivity contribution in [2.24, 2.45) is 0 Å². The Morgan fingerprint density at radius 2 is 1.93 bits per heavy atom. The van der Waals surface area contributed by atoms with Gasteiger partial charge in [-0.3, -0.25) is 4.90 Å². The Balaban J connectivity index is 2.05. The lowest BCUT2D eigenvalue weighted by molar-refractivity contribution is -0.0317. The van der Waals surface area contributed by atoms with Gasteiger partial charge in [-0.1, -0.05) is 0 Å². The summed E-state index contributed by atoms with van der Waals surface area (Å²) in [7, 11) is 0. The number of aliphatic hydroxyl groups is 1. The van der Waals surface area contributed by atoms with Gasteiger partial charge in [0.2, 0.25) is 0 Å². The van der Waals surface area contributed by atoms with E-state index in [9.17, 15) is 9.90 Å². The molecule has 3 rings (SSSR count). The largest absolute Gasteiger partial charge is 0.444 e. The standard InChI is InChI=1S/C11H19NO3/c1-9(2,3)15-8(13)12-7-11(14)5-10(12,4)6-11/h14H,5-7H2,1-4H3. The molecule has 4 nitrogen and oxygen atoms in total. The van der Waals surface area contributed by atoms with E-state index in [0.717, 1.165) is 0 Å². The molecule has 2 aliphatic heterocycles. The monoisotopic (exact) mass is 213 g/mol. The smallest absolute Gasteiger partial charge is 0.410 e. The summed E-state index contributed by atoms with van der Waals surface area (Å²) < 4.78 is 5.30. The van der Waals surface area contributed by atoms with E-state index in [-0.39, 0.29) is 11.6 Å². The number of carbonyl (C=O) groups is 1. The van der Waals surface area contributed by atoms with Gasteiger partial charge in [0.15, 0.2) is 0 Å². The van der Waals surface area contributed by atoms with Crippen molar-refractivity contribution in [2.45, 2.75) is 57.3 Å². The van der Waals surface area contributed by atoms with Crippen LogP contribution in [0.3, 0.4) is 0 Å². The van der Waals surface area contributed by atoms with Crippen molar-refractivity contribution in [1.82, 2.24) is 4.90 Å². The number of rotatable bonds is 0. The molecule has 0 atom stereocenters. The maximum atomic E-state index is 11.8. The predicted molar refractivity (Wildman–Crippen MR) is 55.5 cm³/mol. The summed E-state index contributed by atoms with van der Waals surface area (Å²) in [6, 6.07) is 0. The first-order chi connectivity index (χ1) is 6.64. The molecule has 0 spiro atoms. The molecule has 3 aliphatic rings. The second-order valence-corrected chi connectivity index (χ2v) is 6.14. The molecule has 4 heteroatoms. The Bertz CT molecular complexity index is 299. The second kappa shape index (κ2) is 2.67. The van der Waals surface area contributed by atoms with Gasteiger partial charge in [-0.2, -0.15) is 0 Å². The van der Waals surface area contributed by atoms with Gasteiger partial charge in [0.25, 0.3) is 0 Å². The zero-order valence-corrected chi connectivity index (χ0v) is 9.83. The van der Waals surface area contributed by atoms with E-state index in [0.29, 0.717) is 19.4 Å². The molecule has 86 valence electrons. The van der Waals surface area contributed by atoms with Crippen molar-refractivity contribution in [3.8, 4) is 0 Å². The second-order valence-electron chi connectivity index (χ2n) is 6.14. The van der Waals surface area contributed by atoms with Crippen LogP contribution in [0.5, 0.6) is 0 Å². The third-order valence-corrected chi connectivity index (χ3v) is 3.14. The summed E-state index contributed by atoms with van der Waals surface area (Å²) in [6.07, 6.45) is 1.05. The highest BCUT2D eigenvalue weighted by molar-refractivity contribution is 5.71. The van der Waals surface area contributed by atoms with Crippen LogP contribution in [0.25, 0.3) is 0 Å². The Morgan fingerprint density at radius 1 is 1.40 bits per heavy atom. The fourth-order valence-electron chi connectivity index (χ4n) is 2.76. The van der Waals surface area contributed by atoms with Gasteiger partial charge in [0.05, 0.1) is 12.1 Å². The van der Waals surface area contributed by atoms with Crippen LogP contribution in [0.15, 0.2) is 0 Å². The quantitative estimate of drug-likeness (QED) is 0.663. The van der Waals surface area contributed by atoms with Crippen LogP contribution in [0.1, 0.15) is 40.5 Å². The maximum Gasteiger partial charge on any atom is 0.410 e. The van der Waals surface area contributed by atoms with E-state index >= 15 is 0 Å². The molecule has 0 unspecified atom stereocenters. The third-order valence-electron chi connectivity index (χ3n) is 3.14. The number of carbonyl (C=O) groups excluding carboxylic acids is 1. The van der Waals surface area contributed by atoms with E-state index in [1.165, 1.54) is 0 Å². The fourth-order valence-corrected chi connectivity index (χ4v) is 2.76. The summed E-state index contributed by atoms with van der Waals surface area (Å²) >= 11 is 0. The van der Waals surface area contributed by atoms with Crippen LogP contribution in [0.4, 0.5) is 4.79 Å². The first-order valence-electron chi connectivity index (χ1n) is 5.37. The van der Waals surface area contributed by atoms with Gasteiger partial charge in [-0.25, -0.2) is 4.79 Å². The molecule has 2 bridgehead atoms. The molecule has 1 aliphatic carbocycles. The van der Waals surface area contributed by atoms with E-state index in [2.05, 4.69) is 0 Å². The number of fused-ring (bicyclic) bond motifs is 1. The normalized spacial score (nSPS) is 38.9. The lowest BCUT2D eigenvalue weighted by Gasteiger charge is -2.42. The molecule has 0 radical (unpaired) electrons. The van der Waals surface area contributed by atoms with E-state index < -0.39 is 11.2 Å². The highest BCUT2D eigenvalue weighted by Crippen LogP contribution is 2.53. The Labute approximate surface area is 90.2 Å². The summed E-state index contributed by atoms with van der Waals surface area (Å²) in [5.74, 6) is 0. The molecule has 0 aromatic carbocycles. The molecule has 1 N–H and O–H groups in total. The van der Waals surface area contributed by atoms with Gasteiger partial charge in [0.1, 0.15) is 5.60 Å². The number of hydrogen-bond donors (Lipinski definition) is 1. The summed E-state index contributed by atoms with van der Waals surface area (Å²) in [5, 5.41) is 9.89. The van der Waals surface area contributed by atoms with Crippen molar-refractivity contribution >= 4 is 6.09 Å². The van der Waals surface area contributed by atoms with E-state index in [1.54, 1.807) is 4.90 Å². The van der Waals surface area contributed by atoms with Crippen LogP contribution in [-0.2, 0) is 4.74 Å². The molecule has 2 heterocycles. The summed E-state index contributed by atoms with van der Waals surface area (Å²) in [5.41, 5.74) is -1.30. The van der Waals surface area contributed by atoms with Crippen LogP contribution in [0, 0.1) is 0 Å². The minimum atomic E-state index is -0.647. The summed E-state index contributed by atoms with van der Waals surface area (Å²) in [4.78, 5) is 13.5. The van der Waals surface area contributed by atoms with Crippen molar-refractivity contribution < 1.29 is 14.6 Å². The minimum absolute atomic E-state index is 0.183. The molecular weight excluding hydrogens is 194 g/mol. The molecule has 15 heavy (non-hydrogen) atoms. The Morgan fingerprint density at radius 3 is 2.27 bits per heavy atom. The van der Waals surface area contributed by atoms with Gasteiger partial charge >= 0.3 is 6.09 Å². The third kappa shape index (κ3) is 1.71. The number of nitrogens with zero attached hydrogens (tertiary/aromatic N) is 1. The molecule has 2 saturated heterocycles. The fraction of sp³-hybridized carbons (Fsp3) is 0.909. The average molecular weight is 213 g/mol. The van der Waals surface area contributed by atoms with Crippen molar-refractivity contribution in [1.29, 1.82) is 0 Å². The van der Waals surface area contributed by atoms with Crippen molar-refractivity contribution in [2.75, 3.05) is 6.54 Å². The predicted octanol–water partition coefficient (Wildman–Crippen LogP) is 1.52. The molecule has 0 aromatic heterocycles. The average Bonchev–Trinajstić information content (AvgIpc) is 2.30. The van der Waals surface area contributed by atoms with Crippen LogP contribution in [0.2, 0.25) is 0 Å². The summed E-state index contributed by atoms with van der Waals surface area (Å²) in [6.45, 7) is 7.96. The van der Waals surface area contributed by atoms with Crippen molar-refractivity contribution in [3.05, 3.63) is 0 Å². The van der Waals surface area contributed by atoms with Crippen LogP contribution >= 0.6 is 0 Å². The maximum absolute atomic E-state index is 11.8. The molecule has 1 amide bonds. The molecular formula is C11H19NO3. The van der Waals surface area contributed by atoms with E-state index in [4.69, 9.17) is 4.74 Å².